The molecule has 0 bridgehead atoms. The molecule has 0 amide bonds. The molecule has 0 aliphatic heterocycles. The Morgan fingerprint density at radius 1 is 1.22 bits per heavy atom. The lowest BCUT2D eigenvalue weighted by molar-refractivity contribution is -0.138. The van der Waals surface area contributed by atoms with Crippen molar-refractivity contribution in [1.82, 2.24) is 0 Å². The number of esters is 1. The smallest absolute Gasteiger partial charge is 0.377 e. The van der Waals surface area contributed by atoms with Crippen LogP contribution in [0.3, 0.4) is 0 Å². The number of rotatable bonds is 5. The van der Waals surface area contributed by atoms with Crippen LogP contribution in [0, 0.1) is 3.57 Å². The number of carbonyl (C=O) groups excluding carboxylic acids is 1. The Morgan fingerprint density at radius 3 is 2.50 bits per heavy atom. The molecule has 0 aliphatic carbocycles. The first-order chi connectivity index (χ1) is 8.62. The van der Waals surface area contributed by atoms with Gasteiger partial charge < -0.3 is 18.9 Å². The fourth-order valence-corrected chi connectivity index (χ4v) is 1.63. The molecule has 0 aliphatic rings. The molecule has 0 atom stereocenters. The lowest BCUT2D eigenvalue weighted by Crippen LogP contribution is -2.11. The Balaban J connectivity index is 3.03. The summed E-state index contributed by atoms with van der Waals surface area (Å²) >= 11 is 2.13. The number of carbonyl (C=O) groups is 1. The van der Waals surface area contributed by atoms with Crippen molar-refractivity contribution in [1.29, 1.82) is 0 Å². The molecule has 1 rings (SSSR count). The van der Waals surface area contributed by atoms with E-state index in [1.165, 1.54) is 27.6 Å². The Morgan fingerprint density at radius 2 is 1.94 bits per heavy atom. The van der Waals surface area contributed by atoms with Crippen LogP contribution in [-0.4, -0.2) is 27.3 Å². The summed E-state index contributed by atoms with van der Waals surface area (Å²) in [6, 6.07) is 5.36. The summed E-state index contributed by atoms with van der Waals surface area (Å²) in [5.74, 6) is 0.248. The summed E-state index contributed by atoms with van der Waals surface area (Å²) in [4.78, 5) is 11.5. The topological polar surface area (TPSA) is 54.0 Å². The lowest BCUT2D eigenvalue weighted by Gasteiger charge is -2.11. The van der Waals surface area contributed by atoms with Gasteiger partial charge in [-0.05, 0) is 40.8 Å². The van der Waals surface area contributed by atoms with Gasteiger partial charge in [-0.3, -0.25) is 0 Å². The summed E-state index contributed by atoms with van der Waals surface area (Å²) in [7, 11) is 4.20. The fourth-order valence-electron chi connectivity index (χ4n) is 1.17. The van der Waals surface area contributed by atoms with Gasteiger partial charge in [0.2, 0.25) is 5.76 Å². The molecule has 18 heavy (non-hydrogen) atoms. The second-order valence-electron chi connectivity index (χ2n) is 3.11. The van der Waals surface area contributed by atoms with E-state index in [0.717, 1.165) is 3.57 Å². The van der Waals surface area contributed by atoms with Crippen molar-refractivity contribution in [2.24, 2.45) is 0 Å². The maximum atomic E-state index is 11.5. The van der Waals surface area contributed by atoms with Gasteiger partial charge in [-0.2, -0.15) is 0 Å². The molecule has 1 aromatic carbocycles. The predicted molar refractivity (Wildman–Crippen MR) is 73.4 cm³/mol. The summed E-state index contributed by atoms with van der Waals surface area (Å²) in [6.07, 6.45) is 1.17. The molecule has 0 radical (unpaired) electrons. The molecule has 0 saturated heterocycles. The van der Waals surface area contributed by atoms with Crippen molar-refractivity contribution in [3.05, 3.63) is 33.8 Å². The molecule has 0 N–H and O–H groups in total. The maximum Gasteiger partial charge on any atom is 0.377 e. The molecule has 1 aromatic rings. The van der Waals surface area contributed by atoms with Gasteiger partial charge in [0.25, 0.3) is 0 Å². The monoisotopic (exact) mass is 364 g/mol. The molecule has 5 nitrogen and oxygen atoms in total. The normalized spacial score (nSPS) is 10.8. The first-order valence-electron chi connectivity index (χ1n) is 4.95. The Hall–Kier alpha value is -1.44. The number of ether oxygens (including phenoxy) is 4. The van der Waals surface area contributed by atoms with Crippen LogP contribution in [0.15, 0.2) is 30.2 Å². The van der Waals surface area contributed by atoms with Gasteiger partial charge in [0.1, 0.15) is 6.26 Å². The van der Waals surface area contributed by atoms with Crippen LogP contribution in [0.1, 0.15) is 0 Å². The van der Waals surface area contributed by atoms with Crippen LogP contribution >= 0.6 is 22.6 Å². The molecule has 0 unspecified atom stereocenters. The van der Waals surface area contributed by atoms with E-state index < -0.39 is 5.97 Å². The van der Waals surface area contributed by atoms with E-state index in [1.807, 2.05) is 6.07 Å². The van der Waals surface area contributed by atoms with Crippen molar-refractivity contribution < 1.29 is 23.7 Å². The second-order valence-corrected chi connectivity index (χ2v) is 4.35. The van der Waals surface area contributed by atoms with Gasteiger partial charge in [0.05, 0.1) is 21.3 Å². The van der Waals surface area contributed by atoms with Crippen molar-refractivity contribution >= 4 is 28.6 Å². The van der Waals surface area contributed by atoms with Crippen LogP contribution in [0.5, 0.6) is 11.5 Å². The standard InChI is InChI=1S/C12H13IO5/c1-15-7-11(12(14)17-3)18-10-6-8(13)4-5-9(10)16-2/h4-7H,1-3H3. The van der Waals surface area contributed by atoms with Crippen molar-refractivity contribution in [3.8, 4) is 11.5 Å². The van der Waals surface area contributed by atoms with Crippen LogP contribution in [-0.2, 0) is 14.3 Å². The van der Waals surface area contributed by atoms with Gasteiger partial charge in [-0.25, -0.2) is 4.79 Å². The highest BCUT2D eigenvalue weighted by atomic mass is 127. The summed E-state index contributed by atoms with van der Waals surface area (Å²) in [6.45, 7) is 0. The molecule has 0 aromatic heterocycles. The Kier molecular flexibility index (Phi) is 5.76. The van der Waals surface area contributed by atoms with E-state index in [1.54, 1.807) is 12.1 Å². The van der Waals surface area contributed by atoms with Crippen LogP contribution < -0.4 is 9.47 Å². The number of benzene rings is 1. The van der Waals surface area contributed by atoms with Crippen molar-refractivity contribution in [2.75, 3.05) is 21.3 Å². The molecule has 0 heterocycles. The zero-order valence-corrected chi connectivity index (χ0v) is 12.4. The van der Waals surface area contributed by atoms with E-state index in [9.17, 15) is 4.79 Å². The number of hydrogen-bond donors (Lipinski definition) is 0. The number of methoxy groups -OCH3 is 3. The zero-order chi connectivity index (χ0) is 13.5. The second kappa shape index (κ2) is 7.10. The predicted octanol–water partition coefficient (Wildman–Crippen LogP) is 2.34. The average Bonchev–Trinajstić information content (AvgIpc) is 2.37. The third kappa shape index (κ3) is 3.80. The number of halogens is 1. The van der Waals surface area contributed by atoms with E-state index in [4.69, 9.17) is 14.2 Å². The van der Waals surface area contributed by atoms with Gasteiger partial charge in [-0.1, -0.05) is 0 Å². The van der Waals surface area contributed by atoms with Crippen molar-refractivity contribution in [2.45, 2.75) is 0 Å². The Bertz CT molecular complexity index is 456. The highest BCUT2D eigenvalue weighted by molar-refractivity contribution is 14.1. The Labute approximate surface area is 119 Å². The molecule has 0 spiro atoms. The third-order valence-electron chi connectivity index (χ3n) is 1.96. The van der Waals surface area contributed by atoms with Crippen LogP contribution in [0.25, 0.3) is 0 Å². The fraction of sp³-hybridized carbons (Fsp3) is 0.250. The van der Waals surface area contributed by atoms with E-state index in [0.29, 0.717) is 11.5 Å². The lowest BCUT2D eigenvalue weighted by atomic mass is 10.3. The van der Waals surface area contributed by atoms with Crippen molar-refractivity contribution in [3.63, 3.8) is 0 Å². The zero-order valence-electron chi connectivity index (χ0n) is 10.2. The molecule has 6 heteroatoms. The average molecular weight is 364 g/mol. The third-order valence-corrected chi connectivity index (χ3v) is 2.63. The largest absolute Gasteiger partial charge is 0.500 e. The van der Waals surface area contributed by atoms with Gasteiger partial charge in [0.15, 0.2) is 11.5 Å². The highest BCUT2D eigenvalue weighted by Gasteiger charge is 2.16. The van der Waals surface area contributed by atoms with Gasteiger partial charge in [-0.15, -0.1) is 0 Å². The van der Waals surface area contributed by atoms with E-state index in [2.05, 4.69) is 27.3 Å². The summed E-state index contributed by atoms with van der Waals surface area (Å²) in [5.41, 5.74) is 0. The summed E-state index contributed by atoms with van der Waals surface area (Å²) in [5, 5.41) is 0. The first-order valence-corrected chi connectivity index (χ1v) is 6.03. The molecule has 98 valence electrons. The minimum atomic E-state index is -0.627. The minimum absolute atomic E-state index is 0.0553. The van der Waals surface area contributed by atoms with Crippen LogP contribution in [0.4, 0.5) is 0 Å². The first kappa shape index (κ1) is 14.6. The molecular weight excluding hydrogens is 351 g/mol. The van der Waals surface area contributed by atoms with Gasteiger partial charge >= 0.3 is 5.97 Å². The molecule has 0 fully saturated rings. The maximum absolute atomic E-state index is 11.5. The van der Waals surface area contributed by atoms with E-state index >= 15 is 0 Å². The SMILES string of the molecule is COC=C(Oc1cc(I)ccc1OC)C(=O)OC. The summed E-state index contributed by atoms with van der Waals surface area (Å²) < 4.78 is 20.9. The quantitative estimate of drug-likeness (QED) is 0.348. The van der Waals surface area contributed by atoms with Crippen LogP contribution in [0.2, 0.25) is 0 Å². The molecule has 0 saturated carbocycles. The highest BCUT2D eigenvalue weighted by Crippen LogP contribution is 2.30. The molecular formula is C12H13IO5. The minimum Gasteiger partial charge on any atom is -0.500 e. The number of hydrogen-bond acceptors (Lipinski definition) is 5. The van der Waals surface area contributed by atoms with E-state index in [-0.39, 0.29) is 5.76 Å². The van der Waals surface area contributed by atoms with Gasteiger partial charge in [0, 0.05) is 3.57 Å².